The van der Waals surface area contributed by atoms with Crippen LogP contribution in [-0.4, -0.2) is 38.6 Å². The highest BCUT2D eigenvalue weighted by molar-refractivity contribution is 5.39. The number of hydrogen-bond acceptors (Lipinski definition) is 4. The molecule has 4 fully saturated rings. The quantitative estimate of drug-likeness (QED) is 0.409. The van der Waals surface area contributed by atoms with Crippen LogP contribution < -0.4 is 0 Å². The van der Waals surface area contributed by atoms with Crippen molar-refractivity contribution < 1.29 is 15.3 Å². The van der Waals surface area contributed by atoms with Crippen LogP contribution in [0.3, 0.4) is 0 Å². The topological polar surface area (TPSA) is 73.6 Å². The van der Waals surface area contributed by atoms with Crippen LogP contribution in [-0.2, 0) is 5.41 Å². The fraction of sp³-hybridized carbons (Fsp3) is 0.606. The predicted octanol–water partition coefficient (Wildman–Crippen LogP) is 6.12. The number of aliphatic hydroxyl groups excluding tert-OH is 3. The van der Waals surface area contributed by atoms with E-state index < -0.39 is 18.3 Å². The second kappa shape index (κ2) is 10.3. The molecule has 200 valence electrons. The second-order valence-electron chi connectivity index (χ2n) is 12.7. The second-order valence-corrected chi connectivity index (χ2v) is 12.7. The minimum atomic E-state index is -0.639. The first kappa shape index (κ1) is 26.6. The van der Waals surface area contributed by atoms with E-state index in [1.807, 2.05) is 13.0 Å². The van der Waals surface area contributed by atoms with Gasteiger partial charge in [0, 0.05) is 23.2 Å². The Kier molecular flexibility index (Phi) is 7.39. The highest BCUT2D eigenvalue weighted by Gasteiger charge is 2.52. The van der Waals surface area contributed by atoms with Gasteiger partial charge in [0.1, 0.15) is 0 Å². The number of aromatic nitrogens is 1. The molecule has 0 unspecified atom stereocenters. The van der Waals surface area contributed by atoms with Crippen molar-refractivity contribution in [2.24, 2.45) is 23.2 Å². The normalized spacial score (nSPS) is 37.2. The van der Waals surface area contributed by atoms with Crippen molar-refractivity contribution in [3.8, 4) is 0 Å². The van der Waals surface area contributed by atoms with Gasteiger partial charge < -0.3 is 15.3 Å². The van der Waals surface area contributed by atoms with Crippen molar-refractivity contribution in [1.82, 2.24) is 4.98 Å². The molecule has 1 heterocycles. The maximum absolute atomic E-state index is 11.2. The van der Waals surface area contributed by atoms with E-state index in [1.54, 1.807) is 0 Å². The molecule has 0 saturated heterocycles. The molecular formula is C33H45NO3. The number of rotatable bonds is 6. The Hall–Kier alpha value is -2.01. The van der Waals surface area contributed by atoms with E-state index >= 15 is 0 Å². The van der Waals surface area contributed by atoms with E-state index in [0.29, 0.717) is 30.6 Å². The number of pyridine rings is 1. The highest BCUT2D eigenvalue weighted by atomic mass is 16.3. The average molecular weight is 504 g/mol. The fourth-order valence-electron chi connectivity index (χ4n) is 7.87. The van der Waals surface area contributed by atoms with Crippen LogP contribution in [0.4, 0.5) is 0 Å². The lowest BCUT2D eigenvalue weighted by Gasteiger charge is -2.44. The molecule has 5 rings (SSSR count). The molecule has 7 atom stereocenters. The molecule has 4 saturated carbocycles. The summed E-state index contributed by atoms with van der Waals surface area (Å²) >= 11 is 0. The Bertz CT molecular complexity index is 1110. The van der Waals surface area contributed by atoms with Gasteiger partial charge in [-0.1, -0.05) is 56.4 Å². The average Bonchev–Trinajstić information content (AvgIpc) is 3.60. The zero-order valence-corrected chi connectivity index (χ0v) is 22.9. The van der Waals surface area contributed by atoms with Crippen LogP contribution in [0.25, 0.3) is 0 Å². The summed E-state index contributed by atoms with van der Waals surface area (Å²) in [5.74, 6) is 1.58. The third kappa shape index (κ3) is 5.05. The molecule has 0 aliphatic heterocycles. The Morgan fingerprint density at radius 2 is 1.89 bits per heavy atom. The van der Waals surface area contributed by atoms with Crippen LogP contribution in [0.2, 0.25) is 0 Å². The first-order valence-electron chi connectivity index (χ1n) is 14.4. The van der Waals surface area contributed by atoms with Crippen LogP contribution in [0.1, 0.15) is 83.0 Å². The van der Waals surface area contributed by atoms with Crippen molar-refractivity contribution in [1.29, 1.82) is 0 Å². The van der Waals surface area contributed by atoms with Gasteiger partial charge in [-0.2, -0.15) is 0 Å². The van der Waals surface area contributed by atoms with E-state index in [2.05, 4.69) is 56.9 Å². The molecule has 0 amide bonds. The van der Waals surface area contributed by atoms with Crippen molar-refractivity contribution in [2.45, 2.75) is 102 Å². The molecule has 4 heteroatoms. The molecule has 0 spiro atoms. The summed E-state index contributed by atoms with van der Waals surface area (Å²) in [5.41, 5.74) is 5.36. The first-order valence-corrected chi connectivity index (χ1v) is 14.4. The molecule has 0 radical (unpaired) electrons. The van der Waals surface area contributed by atoms with Gasteiger partial charge >= 0.3 is 0 Å². The predicted molar refractivity (Wildman–Crippen MR) is 149 cm³/mol. The van der Waals surface area contributed by atoms with E-state index in [9.17, 15) is 15.3 Å². The lowest BCUT2D eigenvalue weighted by Crippen LogP contribution is -2.35. The summed E-state index contributed by atoms with van der Waals surface area (Å²) in [6.45, 7) is 10.9. The van der Waals surface area contributed by atoms with Gasteiger partial charge in [-0.15, -0.1) is 0 Å². The summed E-state index contributed by atoms with van der Waals surface area (Å²) in [6, 6.07) is 6.13. The van der Waals surface area contributed by atoms with Crippen LogP contribution in [0.15, 0.2) is 65.8 Å². The largest absolute Gasteiger partial charge is 0.393 e. The van der Waals surface area contributed by atoms with E-state index in [4.69, 9.17) is 4.98 Å². The maximum Gasteiger partial charge on any atom is 0.0832 e. The summed E-state index contributed by atoms with van der Waals surface area (Å²) < 4.78 is 0. The first-order chi connectivity index (χ1) is 17.6. The Labute approximate surface area is 222 Å². The minimum absolute atomic E-state index is 0.205. The van der Waals surface area contributed by atoms with E-state index in [1.165, 1.54) is 31.3 Å². The van der Waals surface area contributed by atoms with Gasteiger partial charge in [0.2, 0.25) is 0 Å². The lowest BCUT2D eigenvalue weighted by molar-refractivity contribution is 0.0862. The minimum Gasteiger partial charge on any atom is -0.393 e. The summed E-state index contributed by atoms with van der Waals surface area (Å²) in [6.07, 6.45) is 16.1. The lowest BCUT2D eigenvalue weighted by atomic mass is 9.61. The Balaban J connectivity index is 1.29. The fourth-order valence-corrected chi connectivity index (χ4v) is 7.87. The Morgan fingerprint density at radius 3 is 2.62 bits per heavy atom. The van der Waals surface area contributed by atoms with Crippen molar-refractivity contribution >= 4 is 0 Å². The number of fused-ring (bicyclic) bond motifs is 1. The third-order valence-corrected chi connectivity index (χ3v) is 10.3. The zero-order valence-electron chi connectivity index (χ0n) is 22.9. The van der Waals surface area contributed by atoms with Crippen LogP contribution in [0, 0.1) is 30.1 Å². The number of aliphatic hydroxyl groups is 3. The van der Waals surface area contributed by atoms with Crippen LogP contribution >= 0.6 is 0 Å². The number of nitrogens with zero attached hydrogens (tertiary/aromatic N) is 1. The molecule has 0 bridgehead atoms. The summed E-state index contributed by atoms with van der Waals surface area (Å²) in [7, 11) is 0. The van der Waals surface area contributed by atoms with Gasteiger partial charge in [0.15, 0.2) is 0 Å². The summed E-state index contributed by atoms with van der Waals surface area (Å²) in [5, 5.41) is 31.5. The standard InChI is InChI=1S/C33H45NO3/c1-21(10-15-31(37)33(17-18-33)30-9-5-7-22(2)34-30)27-13-14-28-24(8-6-16-32(27,28)4)11-12-25-19-26(35)20-29(36)23(25)3/h5,7,9-12,15,21,26-29,31,35-37H,3,6,8,13-14,16-20H2,1-2,4H3/b15-10+,24-11+,25-12-/t21-,26-,27-,28+,29+,31-,32-/m1/s1. The number of allylic oxidation sites excluding steroid dienone is 4. The number of hydrogen-bond donors (Lipinski definition) is 3. The highest BCUT2D eigenvalue weighted by Crippen LogP contribution is 2.59. The number of aryl methyl sites for hydroxylation is 1. The molecule has 4 nitrogen and oxygen atoms in total. The zero-order chi connectivity index (χ0) is 26.4. The molecule has 3 N–H and O–H groups in total. The van der Waals surface area contributed by atoms with E-state index in [0.717, 1.165) is 41.8 Å². The van der Waals surface area contributed by atoms with Gasteiger partial charge in [-0.05, 0) is 105 Å². The van der Waals surface area contributed by atoms with Gasteiger partial charge in [-0.3, -0.25) is 4.98 Å². The monoisotopic (exact) mass is 503 g/mol. The summed E-state index contributed by atoms with van der Waals surface area (Å²) in [4.78, 5) is 4.73. The smallest absolute Gasteiger partial charge is 0.0832 e. The van der Waals surface area contributed by atoms with E-state index in [-0.39, 0.29) is 10.8 Å². The molecule has 0 aromatic carbocycles. The van der Waals surface area contributed by atoms with Crippen molar-refractivity contribution in [2.75, 3.05) is 0 Å². The SMILES string of the molecule is C=C1/C(=C\C=C2/CCC[C@]3(C)[C@@H]([C@H](C)/C=C/[C@@H](O)C4(c5cccc(C)n5)CC4)CC[C@@H]23)C[C@@H](O)C[C@@H]1O. The molecular weight excluding hydrogens is 458 g/mol. The maximum atomic E-state index is 11.2. The van der Waals surface area contributed by atoms with Crippen LogP contribution in [0.5, 0.6) is 0 Å². The van der Waals surface area contributed by atoms with Crippen molar-refractivity contribution in [3.05, 3.63) is 77.2 Å². The van der Waals surface area contributed by atoms with Gasteiger partial charge in [0.05, 0.1) is 18.3 Å². The molecule has 37 heavy (non-hydrogen) atoms. The molecule has 1 aromatic rings. The molecule has 4 aliphatic carbocycles. The van der Waals surface area contributed by atoms with Gasteiger partial charge in [-0.25, -0.2) is 0 Å². The van der Waals surface area contributed by atoms with Gasteiger partial charge in [0.25, 0.3) is 0 Å². The third-order valence-electron chi connectivity index (χ3n) is 10.3. The molecule has 4 aliphatic rings. The van der Waals surface area contributed by atoms with Crippen molar-refractivity contribution in [3.63, 3.8) is 0 Å². The molecule has 1 aromatic heterocycles. The Morgan fingerprint density at radius 1 is 1.11 bits per heavy atom.